The number of hydrogen-bond donors (Lipinski definition) is 2. The summed E-state index contributed by atoms with van der Waals surface area (Å²) in [5.74, 6) is -0.534. The van der Waals surface area contributed by atoms with Crippen LogP contribution >= 0.6 is 0 Å². The van der Waals surface area contributed by atoms with E-state index in [1.165, 1.54) is 0 Å². The van der Waals surface area contributed by atoms with Crippen LogP contribution in [0.2, 0.25) is 0 Å². The number of carboxylic acid groups (broad SMARTS) is 1. The Morgan fingerprint density at radius 1 is 1.32 bits per heavy atom. The van der Waals surface area contributed by atoms with Gasteiger partial charge in [-0.05, 0) is 30.9 Å². The molecule has 6 nitrogen and oxygen atoms in total. The highest BCUT2D eigenvalue weighted by Gasteiger charge is 2.21. The number of benzene rings is 1. The van der Waals surface area contributed by atoms with Gasteiger partial charge in [0.05, 0.1) is 6.54 Å². The zero-order valence-corrected chi connectivity index (χ0v) is 12.5. The summed E-state index contributed by atoms with van der Waals surface area (Å²) in [4.78, 5) is 24.3. The third-order valence-electron chi connectivity index (χ3n) is 3.71. The minimum absolute atomic E-state index is 0.0644. The Bertz CT molecular complexity index is 492. The first kappa shape index (κ1) is 16.3. The van der Waals surface area contributed by atoms with Crippen LogP contribution in [0.5, 0.6) is 0 Å². The van der Waals surface area contributed by atoms with Crippen LogP contribution in [0, 0.1) is 5.92 Å². The lowest BCUT2D eigenvalue weighted by molar-refractivity contribution is -0.138. The van der Waals surface area contributed by atoms with Gasteiger partial charge in [-0.2, -0.15) is 0 Å². The molecule has 1 aliphatic heterocycles. The van der Waals surface area contributed by atoms with Crippen molar-refractivity contribution in [2.45, 2.75) is 19.4 Å². The van der Waals surface area contributed by atoms with Crippen LogP contribution in [0.25, 0.3) is 0 Å². The van der Waals surface area contributed by atoms with Crippen LogP contribution in [-0.2, 0) is 16.1 Å². The number of aliphatic carboxylic acids is 1. The number of rotatable bonds is 6. The van der Waals surface area contributed by atoms with Gasteiger partial charge in [0.15, 0.2) is 0 Å². The molecule has 1 aromatic rings. The Morgan fingerprint density at radius 3 is 2.82 bits per heavy atom. The van der Waals surface area contributed by atoms with Crippen LogP contribution in [0.4, 0.5) is 4.79 Å². The summed E-state index contributed by atoms with van der Waals surface area (Å²) < 4.78 is 5.15. The van der Waals surface area contributed by atoms with Gasteiger partial charge >= 0.3 is 12.1 Å². The van der Waals surface area contributed by atoms with Gasteiger partial charge in [-0.1, -0.05) is 30.3 Å². The van der Waals surface area contributed by atoms with Crippen LogP contribution in [0.15, 0.2) is 30.3 Å². The number of piperidine rings is 1. The number of carboxylic acids is 1. The number of nitrogens with one attached hydrogen (secondary N) is 1. The number of hydrogen-bond acceptors (Lipinski definition) is 4. The zero-order chi connectivity index (χ0) is 15.8. The van der Waals surface area contributed by atoms with E-state index in [9.17, 15) is 9.59 Å². The van der Waals surface area contributed by atoms with E-state index < -0.39 is 12.1 Å². The van der Waals surface area contributed by atoms with Crippen LogP contribution < -0.4 is 5.32 Å². The van der Waals surface area contributed by atoms with Crippen molar-refractivity contribution in [1.29, 1.82) is 0 Å². The van der Waals surface area contributed by atoms with Crippen molar-refractivity contribution in [3.8, 4) is 0 Å². The number of ether oxygens (including phenoxy) is 1. The van der Waals surface area contributed by atoms with Crippen molar-refractivity contribution >= 4 is 12.1 Å². The molecule has 2 rings (SSSR count). The van der Waals surface area contributed by atoms with E-state index in [2.05, 4.69) is 5.32 Å². The van der Waals surface area contributed by atoms with E-state index in [0.717, 1.165) is 24.9 Å². The van der Waals surface area contributed by atoms with Crippen molar-refractivity contribution in [1.82, 2.24) is 10.2 Å². The van der Waals surface area contributed by atoms with Crippen molar-refractivity contribution in [3.05, 3.63) is 35.9 Å². The molecule has 0 radical (unpaired) electrons. The maximum absolute atomic E-state index is 11.7. The first-order chi connectivity index (χ1) is 10.6. The van der Waals surface area contributed by atoms with Gasteiger partial charge in [-0.3, -0.25) is 9.69 Å². The number of amides is 1. The Morgan fingerprint density at radius 2 is 2.09 bits per heavy atom. The number of nitrogens with zero attached hydrogens (tertiary/aromatic N) is 1. The average molecular weight is 306 g/mol. The summed E-state index contributed by atoms with van der Waals surface area (Å²) >= 11 is 0. The monoisotopic (exact) mass is 306 g/mol. The van der Waals surface area contributed by atoms with Gasteiger partial charge in [0.25, 0.3) is 0 Å². The molecule has 0 unspecified atom stereocenters. The first-order valence-corrected chi connectivity index (χ1v) is 7.52. The highest BCUT2D eigenvalue weighted by atomic mass is 16.5. The molecule has 1 atom stereocenters. The highest BCUT2D eigenvalue weighted by Crippen LogP contribution is 2.15. The molecule has 1 heterocycles. The van der Waals surface area contributed by atoms with E-state index in [1.54, 1.807) is 0 Å². The van der Waals surface area contributed by atoms with E-state index in [-0.39, 0.29) is 19.1 Å². The number of likely N-dealkylation sites (tertiary alicyclic amines) is 1. The van der Waals surface area contributed by atoms with E-state index in [0.29, 0.717) is 13.1 Å². The van der Waals surface area contributed by atoms with Gasteiger partial charge in [-0.15, -0.1) is 0 Å². The van der Waals surface area contributed by atoms with Crippen molar-refractivity contribution in [2.24, 2.45) is 5.92 Å². The fourth-order valence-corrected chi connectivity index (χ4v) is 2.65. The predicted octanol–water partition coefficient (Wildman–Crippen LogP) is 1.71. The molecular weight excluding hydrogens is 284 g/mol. The van der Waals surface area contributed by atoms with E-state index in [4.69, 9.17) is 9.84 Å². The van der Waals surface area contributed by atoms with Crippen molar-refractivity contribution in [2.75, 3.05) is 26.2 Å². The van der Waals surface area contributed by atoms with Crippen molar-refractivity contribution < 1.29 is 19.4 Å². The molecule has 1 aromatic carbocycles. The smallest absolute Gasteiger partial charge is 0.407 e. The van der Waals surface area contributed by atoms with Crippen LogP contribution in [0.1, 0.15) is 18.4 Å². The Labute approximate surface area is 130 Å². The molecule has 0 spiro atoms. The Hall–Kier alpha value is -2.08. The van der Waals surface area contributed by atoms with Gasteiger partial charge < -0.3 is 15.2 Å². The van der Waals surface area contributed by atoms with Gasteiger partial charge in [0, 0.05) is 13.1 Å². The fraction of sp³-hybridized carbons (Fsp3) is 0.500. The maximum Gasteiger partial charge on any atom is 0.407 e. The van der Waals surface area contributed by atoms with E-state index in [1.807, 2.05) is 35.2 Å². The third kappa shape index (κ3) is 5.73. The molecule has 1 saturated heterocycles. The average Bonchev–Trinajstić information content (AvgIpc) is 2.52. The highest BCUT2D eigenvalue weighted by molar-refractivity contribution is 5.69. The summed E-state index contributed by atoms with van der Waals surface area (Å²) in [6, 6.07) is 9.51. The summed E-state index contributed by atoms with van der Waals surface area (Å²) in [7, 11) is 0. The number of carbonyl (C=O) groups excluding carboxylic acids is 1. The largest absolute Gasteiger partial charge is 0.480 e. The van der Waals surface area contributed by atoms with E-state index >= 15 is 0 Å². The third-order valence-corrected chi connectivity index (χ3v) is 3.71. The summed E-state index contributed by atoms with van der Waals surface area (Å²) in [6.45, 7) is 2.34. The predicted molar refractivity (Wildman–Crippen MR) is 81.4 cm³/mol. The zero-order valence-electron chi connectivity index (χ0n) is 12.5. The molecule has 6 heteroatoms. The molecule has 1 amide bonds. The number of carbonyl (C=O) groups is 2. The van der Waals surface area contributed by atoms with Gasteiger partial charge in [-0.25, -0.2) is 4.79 Å². The first-order valence-electron chi connectivity index (χ1n) is 7.52. The Kier molecular flexibility index (Phi) is 6.21. The van der Waals surface area contributed by atoms with Crippen LogP contribution in [-0.4, -0.2) is 48.2 Å². The fourth-order valence-electron chi connectivity index (χ4n) is 2.65. The molecule has 0 aromatic heterocycles. The second-order valence-corrected chi connectivity index (χ2v) is 5.58. The number of alkyl carbamates (subject to hydrolysis) is 1. The molecule has 1 aliphatic rings. The SMILES string of the molecule is O=C(O)CN1CCC[C@H](CNC(=O)OCc2ccccc2)C1. The minimum Gasteiger partial charge on any atom is -0.480 e. The lowest BCUT2D eigenvalue weighted by Gasteiger charge is -2.31. The summed E-state index contributed by atoms with van der Waals surface area (Å²) in [5.41, 5.74) is 0.947. The van der Waals surface area contributed by atoms with Crippen LogP contribution in [0.3, 0.4) is 0 Å². The molecule has 22 heavy (non-hydrogen) atoms. The summed E-state index contributed by atoms with van der Waals surface area (Å²) in [6.07, 6.45) is 1.52. The molecule has 0 saturated carbocycles. The lowest BCUT2D eigenvalue weighted by Crippen LogP contribution is -2.42. The normalized spacial score (nSPS) is 18.6. The van der Waals surface area contributed by atoms with Gasteiger partial charge in [0.1, 0.15) is 6.61 Å². The molecule has 1 fully saturated rings. The second kappa shape index (κ2) is 8.38. The van der Waals surface area contributed by atoms with Crippen molar-refractivity contribution in [3.63, 3.8) is 0 Å². The molecule has 2 N–H and O–H groups in total. The standard InChI is InChI=1S/C16H22N2O4/c19-15(20)11-18-8-4-7-14(10-18)9-17-16(21)22-12-13-5-2-1-3-6-13/h1-3,5-6,14H,4,7-12H2,(H,17,21)(H,19,20)/t14-/m1/s1. The Balaban J connectivity index is 1.66. The topological polar surface area (TPSA) is 78.9 Å². The van der Waals surface area contributed by atoms with Gasteiger partial charge in [0.2, 0.25) is 0 Å². The molecule has 0 aliphatic carbocycles. The summed E-state index contributed by atoms with van der Waals surface area (Å²) in [5, 5.41) is 11.6. The molecule has 120 valence electrons. The molecular formula is C16H22N2O4. The maximum atomic E-state index is 11.7. The quantitative estimate of drug-likeness (QED) is 0.836. The lowest BCUT2D eigenvalue weighted by atomic mass is 9.98. The molecule has 0 bridgehead atoms. The second-order valence-electron chi connectivity index (χ2n) is 5.58. The minimum atomic E-state index is -0.809.